The van der Waals surface area contributed by atoms with Gasteiger partial charge in [0.2, 0.25) is 0 Å². The molecule has 1 saturated heterocycles. The predicted molar refractivity (Wildman–Crippen MR) is 67.1 cm³/mol. The summed E-state index contributed by atoms with van der Waals surface area (Å²) < 4.78 is 47.1. The summed E-state index contributed by atoms with van der Waals surface area (Å²) in [5.41, 5.74) is 5.94. The Kier molecular flexibility index (Phi) is 4.81. The lowest BCUT2D eigenvalue weighted by molar-refractivity contribution is -0.0523. The van der Waals surface area contributed by atoms with E-state index in [4.69, 9.17) is 10.5 Å². The molecule has 0 atom stereocenters. The number of benzene rings is 1. The average Bonchev–Trinajstić information content (AvgIpc) is 2.36. The van der Waals surface area contributed by atoms with Crippen LogP contribution < -0.4 is 10.5 Å². The fourth-order valence-electron chi connectivity index (χ4n) is 1.81. The summed E-state index contributed by atoms with van der Waals surface area (Å²) in [4.78, 5) is 0.559. The van der Waals surface area contributed by atoms with Crippen molar-refractivity contribution >= 4 is 17.4 Å². The summed E-state index contributed by atoms with van der Waals surface area (Å²) in [5.74, 6) is -1.35. The SMILES string of the molecule is Nc1cc(F)c(OC(F)F)cc1SC1CCOCC1. The second kappa shape index (κ2) is 6.38. The minimum absolute atomic E-state index is 0.232. The zero-order valence-corrected chi connectivity index (χ0v) is 10.9. The van der Waals surface area contributed by atoms with Crippen molar-refractivity contribution in [3.63, 3.8) is 0 Å². The van der Waals surface area contributed by atoms with Gasteiger partial charge in [0.05, 0.1) is 0 Å². The van der Waals surface area contributed by atoms with E-state index in [1.165, 1.54) is 17.8 Å². The van der Waals surface area contributed by atoms with Crippen molar-refractivity contribution in [1.29, 1.82) is 0 Å². The molecule has 0 bridgehead atoms. The first-order valence-corrected chi connectivity index (χ1v) is 6.72. The molecule has 0 radical (unpaired) electrons. The summed E-state index contributed by atoms with van der Waals surface area (Å²) in [6, 6.07) is 2.25. The van der Waals surface area contributed by atoms with E-state index in [9.17, 15) is 13.2 Å². The maximum absolute atomic E-state index is 13.4. The van der Waals surface area contributed by atoms with Gasteiger partial charge in [-0.2, -0.15) is 8.78 Å². The minimum atomic E-state index is -3.06. The number of nitrogen functional groups attached to an aromatic ring is 1. The molecule has 0 spiro atoms. The minimum Gasteiger partial charge on any atom is -0.432 e. The van der Waals surface area contributed by atoms with Gasteiger partial charge >= 0.3 is 6.61 Å². The Hall–Kier alpha value is -1.08. The van der Waals surface area contributed by atoms with Crippen LogP contribution in [0.1, 0.15) is 12.8 Å². The fourth-order valence-corrected chi connectivity index (χ4v) is 2.97. The van der Waals surface area contributed by atoms with Gasteiger partial charge in [-0.25, -0.2) is 4.39 Å². The van der Waals surface area contributed by atoms with Crippen molar-refractivity contribution < 1.29 is 22.6 Å². The lowest BCUT2D eigenvalue weighted by Gasteiger charge is -2.22. The number of thioether (sulfide) groups is 1. The third kappa shape index (κ3) is 3.94. The lowest BCUT2D eigenvalue weighted by Crippen LogP contribution is -2.17. The average molecular weight is 293 g/mol. The number of ether oxygens (including phenoxy) is 2. The van der Waals surface area contributed by atoms with Crippen LogP contribution in [0.3, 0.4) is 0 Å². The highest BCUT2D eigenvalue weighted by molar-refractivity contribution is 8.00. The standard InChI is InChI=1S/C12H14F3NO2S/c13-8-5-9(16)11(6-10(8)18-12(14)15)19-7-1-3-17-4-2-7/h5-7,12H,1-4,16H2. The Labute approximate surface area is 113 Å². The maximum Gasteiger partial charge on any atom is 0.387 e. The Morgan fingerprint density at radius 2 is 2.00 bits per heavy atom. The molecule has 1 aliphatic heterocycles. The molecular weight excluding hydrogens is 279 g/mol. The van der Waals surface area contributed by atoms with Gasteiger partial charge in [0.15, 0.2) is 11.6 Å². The zero-order chi connectivity index (χ0) is 13.8. The van der Waals surface area contributed by atoms with Gasteiger partial charge in [0.25, 0.3) is 0 Å². The van der Waals surface area contributed by atoms with E-state index in [-0.39, 0.29) is 5.69 Å². The number of anilines is 1. The van der Waals surface area contributed by atoms with Crippen molar-refractivity contribution in [1.82, 2.24) is 0 Å². The predicted octanol–water partition coefficient (Wildman–Crippen LogP) is 3.28. The van der Waals surface area contributed by atoms with Crippen LogP contribution >= 0.6 is 11.8 Å². The lowest BCUT2D eigenvalue weighted by atomic mass is 10.2. The molecular formula is C12H14F3NO2S. The Morgan fingerprint density at radius 1 is 1.32 bits per heavy atom. The van der Waals surface area contributed by atoms with Crippen molar-refractivity contribution in [2.24, 2.45) is 0 Å². The van der Waals surface area contributed by atoms with E-state index in [2.05, 4.69) is 4.74 Å². The quantitative estimate of drug-likeness (QED) is 0.865. The van der Waals surface area contributed by atoms with E-state index in [0.717, 1.165) is 18.9 Å². The fraction of sp³-hybridized carbons (Fsp3) is 0.500. The highest BCUT2D eigenvalue weighted by Gasteiger charge is 2.19. The first kappa shape index (κ1) is 14.3. The molecule has 2 rings (SSSR count). The molecule has 0 aromatic heterocycles. The monoisotopic (exact) mass is 293 g/mol. The van der Waals surface area contributed by atoms with Gasteiger partial charge < -0.3 is 15.2 Å². The molecule has 1 fully saturated rings. The van der Waals surface area contributed by atoms with Gasteiger partial charge in [-0.1, -0.05) is 0 Å². The Morgan fingerprint density at radius 3 is 2.63 bits per heavy atom. The van der Waals surface area contributed by atoms with Gasteiger partial charge in [-0.05, 0) is 18.9 Å². The largest absolute Gasteiger partial charge is 0.432 e. The smallest absolute Gasteiger partial charge is 0.387 e. The van der Waals surface area contributed by atoms with E-state index in [1.54, 1.807) is 0 Å². The molecule has 106 valence electrons. The van der Waals surface area contributed by atoms with Crippen molar-refractivity contribution in [3.8, 4) is 5.75 Å². The number of rotatable bonds is 4. The topological polar surface area (TPSA) is 44.5 Å². The molecule has 7 heteroatoms. The molecule has 1 aromatic carbocycles. The maximum atomic E-state index is 13.4. The van der Waals surface area contributed by atoms with Crippen LogP contribution in [0.4, 0.5) is 18.9 Å². The molecule has 0 aliphatic carbocycles. The highest BCUT2D eigenvalue weighted by Crippen LogP contribution is 2.37. The van der Waals surface area contributed by atoms with Crippen molar-refractivity contribution in [2.75, 3.05) is 18.9 Å². The number of hydrogen-bond donors (Lipinski definition) is 1. The van der Waals surface area contributed by atoms with Gasteiger partial charge in [0, 0.05) is 35.1 Å². The molecule has 3 nitrogen and oxygen atoms in total. The summed E-state index contributed by atoms with van der Waals surface area (Å²) in [7, 11) is 0. The third-order valence-electron chi connectivity index (χ3n) is 2.74. The van der Waals surface area contributed by atoms with Crippen LogP contribution in [-0.2, 0) is 4.74 Å². The number of hydrogen-bond acceptors (Lipinski definition) is 4. The van der Waals surface area contributed by atoms with Crippen molar-refractivity contribution in [3.05, 3.63) is 17.9 Å². The van der Waals surface area contributed by atoms with Crippen LogP contribution in [0.5, 0.6) is 5.75 Å². The molecule has 1 aromatic rings. The first-order valence-electron chi connectivity index (χ1n) is 5.84. The van der Waals surface area contributed by atoms with Crippen LogP contribution in [-0.4, -0.2) is 25.1 Å². The Balaban J connectivity index is 2.14. The second-order valence-electron chi connectivity index (χ2n) is 4.13. The van der Waals surface area contributed by atoms with Crippen molar-refractivity contribution in [2.45, 2.75) is 29.6 Å². The van der Waals surface area contributed by atoms with Crippen LogP contribution in [0, 0.1) is 5.82 Å². The van der Waals surface area contributed by atoms with Crippen LogP contribution in [0.15, 0.2) is 17.0 Å². The Bertz CT molecular complexity index is 439. The number of alkyl halides is 2. The second-order valence-corrected chi connectivity index (χ2v) is 5.47. The highest BCUT2D eigenvalue weighted by atomic mass is 32.2. The van der Waals surface area contributed by atoms with E-state index < -0.39 is 18.2 Å². The summed E-state index contributed by atoms with van der Waals surface area (Å²) >= 11 is 1.44. The van der Waals surface area contributed by atoms with E-state index >= 15 is 0 Å². The summed E-state index contributed by atoms with van der Waals surface area (Å²) in [6.07, 6.45) is 1.71. The molecule has 0 unspecified atom stereocenters. The molecule has 1 heterocycles. The third-order valence-corrected chi connectivity index (χ3v) is 4.15. The first-order chi connectivity index (χ1) is 9.06. The van der Waals surface area contributed by atoms with Gasteiger partial charge in [0.1, 0.15) is 0 Å². The number of halogens is 3. The van der Waals surface area contributed by atoms with Crippen LogP contribution in [0.2, 0.25) is 0 Å². The van der Waals surface area contributed by atoms with E-state index in [1.807, 2.05) is 0 Å². The van der Waals surface area contributed by atoms with Crippen LogP contribution in [0.25, 0.3) is 0 Å². The molecule has 2 N–H and O–H groups in total. The van der Waals surface area contributed by atoms with E-state index in [0.29, 0.717) is 23.4 Å². The normalized spacial score (nSPS) is 16.8. The summed E-state index contributed by atoms with van der Waals surface area (Å²) in [5, 5.41) is 0.293. The molecule has 1 aliphatic rings. The molecule has 0 saturated carbocycles. The van der Waals surface area contributed by atoms with Gasteiger partial charge in [-0.3, -0.25) is 0 Å². The molecule has 0 amide bonds. The molecule has 19 heavy (non-hydrogen) atoms. The van der Waals surface area contributed by atoms with Gasteiger partial charge in [-0.15, -0.1) is 11.8 Å². The summed E-state index contributed by atoms with van der Waals surface area (Å²) in [6.45, 7) is -1.72. The number of nitrogens with two attached hydrogens (primary N) is 1. The zero-order valence-electron chi connectivity index (χ0n) is 10.1.